The number of ether oxygens (including phenoxy) is 1. The van der Waals surface area contributed by atoms with Crippen LogP contribution >= 0.6 is 11.3 Å². The second-order valence-corrected chi connectivity index (χ2v) is 8.30. The van der Waals surface area contributed by atoms with Gasteiger partial charge in [0.2, 0.25) is 5.91 Å². The maximum Gasteiger partial charge on any atom is 0.407 e. The van der Waals surface area contributed by atoms with Gasteiger partial charge in [0, 0.05) is 5.92 Å². The molecule has 1 unspecified atom stereocenters. The number of thiophene rings is 1. The number of carboxylic acids is 1. The van der Waals surface area contributed by atoms with E-state index in [2.05, 4.69) is 10.6 Å². The number of aliphatic carboxylic acids is 1. The van der Waals surface area contributed by atoms with Gasteiger partial charge in [0.05, 0.1) is 12.0 Å². The van der Waals surface area contributed by atoms with Crippen LogP contribution in [0.15, 0.2) is 60.0 Å². The number of carboxylic acid groups (broad SMARTS) is 1. The zero-order valence-corrected chi connectivity index (χ0v) is 18.1. The monoisotopic (exact) mass is 461 g/mol. The number of fused-ring (bicyclic) bond motifs is 3. The van der Waals surface area contributed by atoms with Crippen molar-refractivity contribution in [1.29, 1.82) is 5.26 Å². The minimum atomic E-state index is -1.37. The van der Waals surface area contributed by atoms with Crippen molar-refractivity contribution in [3.63, 3.8) is 0 Å². The number of hydrogen-bond donors (Lipinski definition) is 3. The molecule has 1 aliphatic carbocycles. The molecule has 3 N–H and O–H groups in total. The fraction of sp³-hybridized carbons (Fsp3) is 0.167. The molecule has 8 nitrogen and oxygen atoms in total. The first-order valence-electron chi connectivity index (χ1n) is 10.1. The summed E-state index contributed by atoms with van der Waals surface area (Å²) in [5, 5.41) is 25.0. The molecule has 0 saturated carbocycles. The van der Waals surface area contributed by atoms with E-state index in [1.807, 2.05) is 54.6 Å². The highest BCUT2D eigenvalue weighted by Gasteiger charge is 2.30. The predicted octanol–water partition coefficient (Wildman–Crippen LogP) is 3.94. The molecule has 1 aromatic heterocycles. The van der Waals surface area contributed by atoms with Crippen LogP contribution < -0.4 is 10.6 Å². The number of nitrogens with one attached hydrogen (secondary N) is 2. The Morgan fingerprint density at radius 2 is 1.70 bits per heavy atom. The number of anilines is 1. The number of nitriles is 1. The molecule has 4 rings (SSSR count). The number of nitrogens with zero attached hydrogens (tertiary/aromatic N) is 1. The largest absolute Gasteiger partial charge is 0.481 e. The Morgan fingerprint density at radius 3 is 2.30 bits per heavy atom. The Labute approximate surface area is 193 Å². The molecule has 2 aromatic carbocycles. The van der Waals surface area contributed by atoms with Gasteiger partial charge < -0.3 is 20.5 Å². The van der Waals surface area contributed by atoms with Crippen LogP contribution in [-0.2, 0) is 14.3 Å². The third-order valence-electron chi connectivity index (χ3n) is 5.35. The van der Waals surface area contributed by atoms with Crippen LogP contribution in [-0.4, -0.2) is 35.7 Å². The first-order valence-corrected chi connectivity index (χ1v) is 11.0. The van der Waals surface area contributed by atoms with E-state index in [1.54, 1.807) is 5.38 Å². The fourth-order valence-electron chi connectivity index (χ4n) is 3.86. The van der Waals surface area contributed by atoms with Crippen LogP contribution in [0.4, 0.5) is 9.80 Å². The van der Waals surface area contributed by atoms with Gasteiger partial charge >= 0.3 is 12.1 Å². The van der Waals surface area contributed by atoms with Gasteiger partial charge in [0.15, 0.2) is 0 Å². The average molecular weight is 461 g/mol. The van der Waals surface area contributed by atoms with Crippen LogP contribution in [0.2, 0.25) is 0 Å². The lowest BCUT2D eigenvalue weighted by molar-refractivity contribution is -0.139. The molecule has 0 bridgehead atoms. The SMILES string of the molecule is N#Cc1ccsc1NC(=O)C(CC(=O)O)NC(=O)OCC1c2ccccc2-c2ccccc21. The van der Waals surface area contributed by atoms with Crippen molar-refractivity contribution in [1.82, 2.24) is 5.32 Å². The van der Waals surface area contributed by atoms with Crippen LogP contribution in [0.1, 0.15) is 29.0 Å². The number of carbonyl (C=O) groups excluding carboxylic acids is 2. The van der Waals surface area contributed by atoms with Crippen molar-refractivity contribution >= 4 is 34.3 Å². The van der Waals surface area contributed by atoms with Crippen LogP contribution in [0.25, 0.3) is 11.1 Å². The van der Waals surface area contributed by atoms with Crippen molar-refractivity contribution in [2.75, 3.05) is 11.9 Å². The molecule has 0 fully saturated rings. The lowest BCUT2D eigenvalue weighted by atomic mass is 9.98. The minimum Gasteiger partial charge on any atom is -0.481 e. The van der Waals surface area contributed by atoms with Gasteiger partial charge in [0.25, 0.3) is 0 Å². The quantitative estimate of drug-likeness (QED) is 0.489. The molecule has 1 atom stereocenters. The lowest BCUT2D eigenvalue weighted by Gasteiger charge is -2.18. The second-order valence-electron chi connectivity index (χ2n) is 7.38. The minimum absolute atomic E-state index is 0.0325. The van der Waals surface area contributed by atoms with Gasteiger partial charge in [-0.3, -0.25) is 9.59 Å². The standard InChI is InChI=1S/C24H19N3O5S/c25-12-14-9-10-33-23(14)27-22(30)20(11-21(28)29)26-24(31)32-13-19-17-7-3-1-5-15(17)16-6-2-4-8-18(16)19/h1-10,19-20H,11,13H2,(H,26,31)(H,27,30)(H,28,29). The average Bonchev–Trinajstić information content (AvgIpc) is 3.39. The van der Waals surface area contributed by atoms with E-state index in [4.69, 9.17) is 10.00 Å². The molecule has 0 aliphatic heterocycles. The first kappa shape index (κ1) is 22.0. The lowest BCUT2D eigenvalue weighted by Crippen LogP contribution is -2.45. The van der Waals surface area contributed by atoms with E-state index in [0.717, 1.165) is 33.6 Å². The molecular weight excluding hydrogens is 442 g/mol. The highest BCUT2D eigenvalue weighted by atomic mass is 32.1. The highest BCUT2D eigenvalue weighted by Crippen LogP contribution is 2.44. The zero-order chi connectivity index (χ0) is 23.4. The molecule has 1 aliphatic rings. The number of rotatable bonds is 7. The Balaban J connectivity index is 1.43. The summed E-state index contributed by atoms with van der Waals surface area (Å²) in [6.07, 6.45) is -1.53. The van der Waals surface area contributed by atoms with E-state index in [0.29, 0.717) is 0 Å². The summed E-state index contributed by atoms with van der Waals surface area (Å²) in [4.78, 5) is 36.3. The highest BCUT2D eigenvalue weighted by molar-refractivity contribution is 7.14. The predicted molar refractivity (Wildman–Crippen MR) is 122 cm³/mol. The number of amides is 2. The number of carbonyl (C=O) groups is 3. The number of hydrogen-bond acceptors (Lipinski definition) is 6. The Hall–Kier alpha value is -4.16. The van der Waals surface area contributed by atoms with Crippen molar-refractivity contribution in [2.45, 2.75) is 18.4 Å². The zero-order valence-electron chi connectivity index (χ0n) is 17.3. The summed E-state index contributed by atoms with van der Waals surface area (Å²) < 4.78 is 5.41. The van der Waals surface area contributed by atoms with Crippen molar-refractivity contribution in [3.8, 4) is 17.2 Å². The van der Waals surface area contributed by atoms with Crippen LogP contribution in [0.5, 0.6) is 0 Å². The van der Waals surface area contributed by atoms with Gasteiger partial charge in [0.1, 0.15) is 23.7 Å². The molecule has 0 radical (unpaired) electrons. The summed E-state index contributed by atoms with van der Waals surface area (Å²) in [5.74, 6) is -2.18. The summed E-state index contributed by atoms with van der Waals surface area (Å²) in [7, 11) is 0. The van der Waals surface area contributed by atoms with Gasteiger partial charge in [-0.2, -0.15) is 5.26 Å². The van der Waals surface area contributed by atoms with Gasteiger partial charge in [-0.25, -0.2) is 4.79 Å². The summed E-state index contributed by atoms with van der Waals surface area (Å²) in [6, 6.07) is 17.8. The molecule has 0 spiro atoms. The molecule has 33 heavy (non-hydrogen) atoms. The molecule has 2 amide bonds. The molecule has 166 valence electrons. The number of alkyl carbamates (subject to hydrolysis) is 1. The smallest absolute Gasteiger partial charge is 0.407 e. The fourth-order valence-corrected chi connectivity index (χ4v) is 4.60. The van der Waals surface area contributed by atoms with E-state index in [9.17, 15) is 19.5 Å². The summed E-state index contributed by atoms with van der Waals surface area (Å²) >= 11 is 1.13. The van der Waals surface area contributed by atoms with Crippen molar-refractivity contribution in [2.24, 2.45) is 0 Å². The van der Waals surface area contributed by atoms with E-state index < -0.39 is 30.4 Å². The third kappa shape index (κ3) is 4.71. The van der Waals surface area contributed by atoms with Gasteiger partial charge in [-0.15, -0.1) is 11.3 Å². The van der Waals surface area contributed by atoms with E-state index >= 15 is 0 Å². The summed E-state index contributed by atoms with van der Waals surface area (Å²) in [5.41, 5.74) is 4.48. The Bertz CT molecular complexity index is 1220. The summed E-state index contributed by atoms with van der Waals surface area (Å²) in [6.45, 7) is 0.0325. The van der Waals surface area contributed by atoms with E-state index in [-0.39, 0.29) is 23.1 Å². The molecule has 9 heteroatoms. The maximum atomic E-state index is 12.6. The van der Waals surface area contributed by atoms with Crippen LogP contribution in [0.3, 0.4) is 0 Å². The van der Waals surface area contributed by atoms with E-state index in [1.165, 1.54) is 6.07 Å². The second kappa shape index (κ2) is 9.54. The molecule has 3 aromatic rings. The topological polar surface area (TPSA) is 129 Å². The normalized spacial score (nSPS) is 12.7. The molecule has 0 saturated heterocycles. The van der Waals surface area contributed by atoms with Gasteiger partial charge in [-0.1, -0.05) is 48.5 Å². The molecular formula is C24H19N3O5S. The van der Waals surface area contributed by atoms with Crippen LogP contribution in [0, 0.1) is 11.3 Å². The Kier molecular flexibility index (Phi) is 6.38. The van der Waals surface area contributed by atoms with Gasteiger partial charge in [-0.05, 0) is 33.7 Å². The molecule has 1 heterocycles. The van der Waals surface area contributed by atoms with Crippen molar-refractivity contribution < 1.29 is 24.2 Å². The third-order valence-corrected chi connectivity index (χ3v) is 6.18. The first-order chi connectivity index (χ1) is 16.0. The Morgan fingerprint density at radius 1 is 1.06 bits per heavy atom. The number of benzene rings is 2. The van der Waals surface area contributed by atoms with Crippen molar-refractivity contribution in [3.05, 3.63) is 76.7 Å². The maximum absolute atomic E-state index is 12.6.